The van der Waals surface area contributed by atoms with Crippen LogP contribution < -0.4 is 27.0 Å². The molecule has 0 nitrogen and oxygen atoms in total. The molecule has 48 heavy (non-hydrogen) atoms. The third kappa shape index (κ3) is 6.01. The molecular weight excluding hydrogens is 729 g/mol. The number of hydrogen-bond acceptors (Lipinski definition) is 6. The first kappa shape index (κ1) is 31.8. The third-order valence-electron chi connectivity index (χ3n) is 8.67. The maximum absolute atomic E-state index is 2.54. The summed E-state index contributed by atoms with van der Waals surface area (Å²) in [6, 6.07) is 45.3. The van der Waals surface area contributed by atoms with Gasteiger partial charge in [-0.15, -0.1) is 0 Å². The van der Waals surface area contributed by atoms with E-state index in [1.165, 1.54) is 49.3 Å². The Balaban J connectivity index is 1.07. The molecule has 234 valence electrons. The lowest BCUT2D eigenvalue weighted by molar-refractivity contribution is 1.59. The summed E-state index contributed by atoms with van der Waals surface area (Å²) in [5, 5.41) is 13.3. The van der Waals surface area contributed by atoms with Crippen LogP contribution in [0, 0.1) is 0 Å². The van der Waals surface area contributed by atoms with E-state index in [1.54, 1.807) is 0 Å². The van der Waals surface area contributed by atoms with Gasteiger partial charge in [0.1, 0.15) is 0 Å². The lowest BCUT2D eigenvalue weighted by atomic mass is 10.0. The largest absolute Gasteiger partial charge is 0.205 e. The second-order valence-electron chi connectivity index (χ2n) is 11.4. The molecule has 0 aliphatic carbocycles. The maximum Gasteiger partial charge on any atom is 0.205 e. The van der Waals surface area contributed by atoms with E-state index in [1.807, 2.05) is 68.0 Å². The zero-order chi connectivity index (χ0) is 32.2. The molecule has 0 saturated carbocycles. The summed E-state index contributed by atoms with van der Waals surface area (Å²) in [4.78, 5) is 0. The molecule has 8 aromatic rings. The van der Waals surface area contributed by atoms with Gasteiger partial charge in [0, 0.05) is 27.0 Å². The average molecular weight is 759 g/mol. The highest BCUT2D eigenvalue weighted by molar-refractivity contribution is 7.47. The summed E-state index contributed by atoms with van der Waals surface area (Å²) in [5.74, 6) is 0. The molecule has 2 aromatic carbocycles. The summed E-state index contributed by atoms with van der Waals surface area (Å²) in [6.45, 7) is 0. The number of thiophene rings is 6. The molecule has 0 spiro atoms. The van der Waals surface area contributed by atoms with Crippen molar-refractivity contribution in [3.63, 3.8) is 0 Å². The highest BCUT2D eigenvalue weighted by Crippen LogP contribution is 2.24. The molecule has 0 aliphatic rings. The molecule has 6 aromatic heterocycles. The third-order valence-corrected chi connectivity index (χ3v) is 27.7. The van der Waals surface area contributed by atoms with Gasteiger partial charge in [-0.25, -0.2) is 0 Å². The Kier molecular flexibility index (Phi) is 9.40. The lowest BCUT2D eigenvalue weighted by Gasteiger charge is -2.25. The Labute approximate surface area is 308 Å². The fraction of sp³-hybridized carbons (Fsp3) is 0. The summed E-state index contributed by atoms with van der Waals surface area (Å²) in [6.07, 6.45) is 4.71. The molecule has 0 bridgehead atoms. The number of hydrogen-bond donors (Lipinski definition) is 0. The van der Waals surface area contributed by atoms with E-state index in [-0.39, 0.29) is 0 Å². The van der Waals surface area contributed by atoms with Gasteiger partial charge in [-0.2, -0.15) is 68.0 Å². The second kappa shape index (κ2) is 14.2. The van der Waals surface area contributed by atoms with Crippen molar-refractivity contribution < 1.29 is 0 Å². The maximum atomic E-state index is 2.54. The molecule has 0 amide bonds. The zero-order valence-corrected chi connectivity index (χ0v) is 32.7. The Hall–Kier alpha value is -3.45. The van der Waals surface area contributed by atoms with Crippen molar-refractivity contribution in [3.05, 3.63) is 176 Å². The summed E-state index contributed by atoms with van der Waals surface area (Å²) >= 11 is 11.3. The summed E-state index contributed by atoms with van der Waals surface area (Å²) in [5.41, 5.74) is 10.0. The molecule has 6 heterocycles. The number of rotatable bonds is 11. The molecule has 8 heteroatoms. The predicted octanol–water partition coefficient (Wildman–Crippen LogP) is 9.17. The standard InChI is InChI=1S/C40H30S6Si2/c1-7-35(41-23-1)47(36-8-2-24-42-36,37-9-3-25-43-37)29-21-31-13-17-33(18-14-31)34-19-15-32(16-20-34)22-30-48(38-10-4-26-44-38,39-11-5-27-45-39)40-12-6-28-46-40/h1-30H/b29-21+,30-22+. The normalized spacial score (nSPS) is 12.4. The predicted molar refractivity (Wildman–Crippen MR) is 225 cm³/mol. The average Bonchev–Trinajstić information content (AvgIpc) is 3.99. The first-order valence-electron chi connectivity index (χ1n) is 15.6. The van der Waals surface area contributed by atoms with Crippen molar-refractivity contribution in [2.45, 2.75) is 0 Å². The fourth-order valence-corrected chi connectivity index (χ4v) is 26.5. The van der Waals surface area contributed by atoms with Crippen LogP contribution in [0.2, 0.25) is 0 Å². The Morgan fingerprint density at radius 2 is 0.562 bits per heavy atom. The van der Waals surface area contributed by atoms with E-state index in [0.29, 0.717) is 0 Å². The minimum absolute atomic E-state index is 1.23. The van der Waals surface area contributed by atoms with E-state index in [9.17, 15) is 0 Å². The topological polar surface area (TPSA) is 0 Å². The van der Waals surface area contributed by atoms with Gasteiger partial charge in [-0.3, -0.25) is 0 Å². The van der Waals surface area contributed by atoms with E-state index < -0.39 is 16.1 Å². The monoisotopic (exact) mass is 758 g/mol. The SMILES string of the molecule is C(=C\[Si](c1cccs1)(c1cccs1)c1cccs1)/c1ccc(-c2ccc(/C=C/[Si](c3cccs3)(c3cccs3)c3cccs3)cc2)cc1. The lowest BCUT2D eigenvalue weighted by Crippen LogP contribution is -2.63. The van der Waals surface area contributed by atoms with E-state index in [2.05, 4.69) is 177 Å². The van der Waals surface area contributed by atoms with Gasteiger partial charge in [-0.1, -0.05) is 145 Å². The van der Waals surface area contributed by atoms with Crippen LogP contribution in [0.15, 0.2) is 165 Å². The van der Waals surface area contributed by atoms with Crippen LogP contribution in [0.1, 0.15) is 11.1 Å². The van der Waals surface area contributed by atoms with Crippen molar-refractivity contribution >= 4 is 123 Å². The summed E-state index contributed by atoms with van der Waals surface area (Å²) in [7, 11) is -4.47. The van der Waals surface area contributed by atoms with Crippen LogP contribution >= 0.6 is 68.0 Å². The van der Waals surface area contributed by atoms with Crippen LogP contribution in [0.25, 0.3) is 23.3 Å². The molecule has 0 fully saturated rings. The van der Waals surface area contributed by atoms with Gasteiger partial charge in [0.2, 0.25) is 16.1 Å². The van der Waals surface area contributed by atoms with Crippen molar-refractivity contribution in [2.75, 3.05) is 0 Å². The highest BCUT2D eigenvalue weighted by atomic mass is 32.1. The van der Waals surface area contributed by atoms with Crippen LogP contribution in [0.3, 0.4) is 0 Å². The molecule has 0 radical (unpaired) electrons. The van der Waals surface area contributed by atoms with Crippen LogP contribution in [0.4, 0.5) is 0 Å². The van der Waals surface area contributed by atoms with Gasteiger partial charge < -0.3 is 0 Å². The van der Waals surface area contributed by atoms with Gasteiger partial charge in [0.25, 0.3) is 0 Å². The minimum atomic E-state index is -2.24. The van der Waals surface area contributed by atoms with Crippen molar-refractivity contribution in [1.29, 1.82) is 0 Å². The minimum Gasteiger partial charge on any atom is -0.152 e. The molecule has 0 aliphatic heterocycles. The van der Waals surface area contributed by atoms with Crippen LogP contribution in [0.5, 0.6) is 0 Å². The quantitative estimate of drug-likeness (QED) is 0.116. The molecule has 0 atom stereocenters. The Morgan fingerprint density at radius 3 is 0.771 bits per heavy atom. The van der Waals surface area contributed by atoms with E-state index in [4.69, 9.17) is 0 Å². The molecule has 8 rings (SSSR count). The Bertz CT molecular complexity index is 1860. The highest BCUT2D eigenvalue weighted by Gasteiger charge is 2.41. The zero-order valence-electron chi connectivity index (χ0n) is 25.8. The number of benzene rings is 2. The van der Waals surface area contributed by atoms with E-state index >= 15 is 0 Å². The van der Waals surface area contributed by atoms with Gasteiger partial charge in [-0.05, 0) is 54.5 Å². The molecule has 0 N–H and O–H groups in total. The first-order chi connectivity index (χ1) is 23.8. The molecule has 0 unspecified atom stereocenters. The van der Waals surface area contributed by atoms with Crippen molar-refractivity contribution in [3.8, 4) is 11.1 Å². The van der Waals surface area contributed by atoms with E-state index in [0.717, 1.165) is 0 Å². The molecular formula is C40H30S6Si2. The Morgan fingerprint density at radius 1 is 0.312 bits per heavy atom. The first-order valence-corrected chi connectivity index (χ1v) is 25.0. The van der Waals surface area contributed by atoms with Crippen LogP contribution in [-0.2, 0) is 0 Å². The van der Waals surface area contributed by atoms with Crippen molar-refractivity contribution in [2.24, 2.45) is 0 Å². The molecule has 0 saturated heterocycles. The van der Waals surface area contributed by atoms with Gasteiger partial charge >= 0.3 is 0 Å². The second-order valence-corrected chi connectivity index (χ2v) is 26.4. The van der Waals surface area contributed by atoms with Crippen LogP contribution in [-0.4, -0.2) is 16.1 Å². The summed E-state index contributed by atoms with van der Waals surface area (Å²) < 4.78 is 8.89. The van der Waals surface area contributed by atoms with Gasteiger partial charge in [0.05, 0.1) is 0 Å². The fourth-order valence-electron chi connectivity index (χ4n) is 6.25. The van der Waals surface area contributed by atoms with Gasteiger partial charge in [0.15, 0.2) is 0 Å². The smallest absolute Gasteiger partial charge is 0.152 e. The van der Waals surface area contributed by atoms with Crippen molar-refractivity contribution in [1.82, 2.24) is 0 Å².